The normalized spacial score (nSPS) is 22.1. The molecule has 0 saturated carbocycles. The van der Waals surface area contributed by atoms with Crippen molar-refractivity contribution in [3.05, 3.63) is 22.8 Å². The van der Waals surface area contributed by atoms with Gasteiger partial charge in [-0.1, -0.05) is 0 Å². The fourth-order valence-corrected chi connectivity index (χ4v) is 4.64. The molecule has 1 aliphatic heterocycles. The molecule has 0 aliphatic carbocycles. The summed E-state index contributed by atoms with van der Waals surface area (Å²) in [4.78, 5) is 0.287. The molecule has 2 rings (SSSR count). The van der Waals surface area contributed by atoms with Crippen molar-refractivity contribution < 1.29 is 22.6 Å². The fraction of sp³-hybridized carbons (Fsp3) is 0.625. The highest BCUT2D eigenvalue weighted by atomic mass is 32.2. The predicted octanol–water partition coefficient (Wildman–Crippen LogP) is 1.70. The minimum atomic E-state index is -3.64. The molecule has 1 aromatic rings. The third-order valence-corrected chi connectivity index (χ3v) is 6.00. The molecule has 1 aromatic carbocycles. The minimum Gasteiger partial charge on any atom is -0.496 e. The molecule has 7 heteroatoms. The van der Waals surface area contributed by atoms with E-state index in [1.165, 1.54) is 0 Å². The van der Waals surface area contributed by atoms with E-state index in [2.05, 4.69) is 4.72 Å². The molecular formula is C16H25NO5S. The zero-order chi connectivity index (χ0) is 17.2. The summed E-state index contributed by atoms with van der Waals surface area (Å²) in [5.41, 5.74) is 2.33. The first-order chi connectivity index (χ1) is 10.8. The van der Waals surface area contributed by atoms with Crippen LogP contribution in [-0.4, -0.2) is 48.0 Å². The van der Waals surface area contributed by atoms with Crippen LogP contribution in [0.15, 0.2) is 11.0 Å². The molecule has 2 atom stereocenters. The summed E-state index contributed by atoms with van der Waals surface area (Å²) in [7, 11) is -0.492. The first-order valence-corrected chi connectivity index (χ1v) is 9.07. The number of nitrogens with one attached hydrogen (secondary N) is 1. The van der Waals surface area contributed by atoms with Gasteiger partial charge in [-0.25, -0.2) is 13.1 Å². The Kier molecular flexibility index (Phi) is 5.67. The number of benzene rings is 1. The van der Waals surface area contributed by atoms with E-state index < -0.39 is 10.0 Å². The van der Waals surface area contributed by atoms with Gasteiger partial charge in [0.1, 0.15) is 5.75 Å². The second-order valence-electron chi connectivity index (χ2n) is 5.84. The van der Waals surface area contributed by atoms with Crippen LogP contribution in [0.25, 0.3) is 0 Å². The molecule has 1 aliphatic rings. The number of ether oxygens (including phenoxy) is 3. The molecule has 0 radical (unpaired) electrons. The second kappa shape index (κ2) is 7.17. The molecule has 130 valence electrons. The average molecular weight is 343 g/mol. The molecule has 0 spiro atoms. The lowest BCUT2D eigenvalue weighted by Crippen LogP contribution is -2.49. The quantitative estimate of drug-likeness (QED) is 0.881. The molecule has 23 heavy (non-hydrogen) atoms. The lowest BCUT2D eigenvalue weighted by molar-refractivity contribution is -0.0448. The van der Waals surface area contributed by atoms with Gasteiger partial charge in [-0.3, -0.25) is 0 Å². The first kappa shape index (κ1) is 18.2. The van der Waals surface area contributed by atoms with Crippen molar-refractivity contribution in [2.24, 2.45) is 0 Å². The van der Waals surface area contributed by atoms with Gasteiger partial charge in [-0.05, 0) is 49.9 Å². The van der Waals surface area contributed by atoms with Crippen LogP contribution in [0, 0.1) is 20.8 Å². The summed E-state index contributed by atoms with van der Waals surface area (Å²) in [6.07, 6.45) is 0.310. The first-order valence-electron chi connectivity index (χ1n) is 7.59. The van der Waals surface area contributed by atoms with Crippen molar-refractivity contribution in [1.82, 2.24) is 4.72 Å². The van der Waals surface area contributed by atoms with E-state index in [0.717, 1.165) is 16.9 Å². The molecule has 1 N–H and O–H groups in total. The third kappa shape index (κ3) is 3.68. The Balaban J connectivity index is 2.36. The van der Waals surface area contributed by atoms with E-state index in [0.29, 0.717) is 25.2 Å². The molecule has 0 unspecified atom stereocenters. The van der Waals surface area contributed by atoms with Crippen LogP contribution in [0.1, 0.15) is 23.1 Å². The Hall–Kier alpha value is -1.15. The topological polar surface area (TPSA) is 73.9 Å². The Labute approximate surface area is 138 Å². The van der Waals surface area contributed by atoms with Crippen LogP contribution >= 0.6 is 0 Å². The number of methoxy groups -OCH3 is 2. The van der Waals surface area contributed by atoms with E-state index in [4.69, 9.17) is 14.2 Å². The van der Waals surface area contributed by atoms with Crippen LogP contribution in [-0.2, 0) is 19.5 Å². The van der Waals surface area contributed by atoms with Crippen molar-refractivity contribution in [2.45, 2.75) is 44.2 Å². The lowest BCUT2D eigenvalue weighted by Gasteiger charge is -2.31. The number of hydrogen-bond donors (Lipinski definition) is 1. The summed E-state index contributed by atoms with van der Waals surface area (Å²) < 4.78 is 44.5. The molecule has 1 saturated heterocycles. The van der Waals surface area contributed by atoms with Gasteiger partial charge in [0.15, 0.2) is 0 Å². The molecule has 1 fully saturated rings. The Bertz CT molecular complexity index is 672. The zero-order valence-corrected chi connectivity index (χ0v) is 15.1. The van der Waals surface area contributed by atoms with E-state index in [9.17, 15) is 8.42 Å². The standard InChI is InChI=1S/C16H25NO5S/c1-10-8-15(11(2)12(3)16(10)21-5)23(18,19)17-13-6-7-22-9-14(13)20-4/h8,13-14,17H,6-7,9H2,1-5H3/t13-,14-/m1/s1. The molecule has 0 amide bonds. The van der Waals surface area contributed by atoms with Crippen molar-refractivity contribution in [1.29, 1.82) is 0 Å². The van der Waals surface area contributed by atoms with Crippen LogP contribution in [0.4, 0.5) is 0 Å². The van der Waals surface area contributed by atoms with E-state index >= 15 is 0 Å². The second-order valence-corrected chi connectivity index (χ2v) is 7.52. The lowest BCUT2D eigenvalue weighted by atomic mass is 10.1. The van der Waals surface area contributed by atoms with E-state index in [1.807, 2.05) is 13.8 Å². The SMILES string of the molecule is COc1c(C)cc(S(=O)(=O)N[C@@H]2CCOC[C@H]2OC)c(C)c1C. The number of rotatable bonds is 5. The van der Waals surface area contributed by atoms with Gasteiger partial charge in [0, 0.05) is 13.7 Å². The Morgan fingerprint density at radius 2 is 1.91 bits per heavy atom. The summed E-state index contributed by atoms with van der Waals surface area (Å²) in [6, 6.07) is 1.37. The summed E-state index contributed by atoms with van der Waals surface area (Å²) in [6.45, 7) is 6.42. The highest BCUT2D eigenvalue weighted by Crippen LogP contribution is 2.31. The van der Waals surface area contributed by atoms with E-state index in [1.54, 1.807) is 27.2 Å². The number of sulfonamides is 1. The summed E-state index contributed by atoms with van der Waals surface area (Å²) in [5.74, 6) is 0.724. The van der Waals surface area contributed by atoms with Gasteiger partial charge < -0.3 is 14.2 Å². The molecule has 1 heterocycles. The highest BCUT2D eigenvalue weighted by molar-refractivity contribution is 7.89. The van der Waals surface area contributed by atoms with Crippen LogP contribution in [0.2, 0.25) is 0 Å². The smallest absolute Gasteiger partial charge is 0.241 e. The Morgan fingerprint density at radius 1 is 1.22 bits per heavy atom. The van der Waals surface area contributed by atoms with Crippen molar-refractivity contribution in [3.8, 4) is 5.75 Å². The average Bonchev–Trinajstić information content (AvgIpc) is 2.51. The van der Waals surface area contributed by atoms with Gasteiger partial charge in [0.05, 0.1) is 30.8 Å². The minimum absolute atomic E-state index is 0.278. The largest absolute Gasteiger partial charge is 0.496 e. The zero-order valence-electron chi connectivity index (χ0n) is 14.3. The van der Waals surface area contributed by atoms with Crippen LogP contribution < -0.4 is 9.46 Å². The van der Waals surface area contributed by atoms with Crippen LogP contribution in [0.5, 0.6) is 5.75 Å². The van der Waals surface area contributed by atoms with Crippen molar-refractivity contribution in [3.63, 3.8) is 0 Å². The summed E-state index contributed by atoms with van der Waals surface area (Å²) in [5, 5.41) is 0. The van der Waals surface area contributed by atoms with Gasteiger partial charge >= 0.3 is 0 Å². The fourth-order valence-electron chi connectivity index (χ4n) is 2.96. The van der Waals surface area contributed by atoms with Crippen molar-refractivity contribution >= 4 is 10.0 Å². The molecule has 0 aromatic heterocycles. The highest BCUT2D eigenvalue weighted by Gasteiger charge is 2.31. The monoisotopic (exact) mass is 343 g/mol. The predicted molar refractivity (Wildman–Crippen MR) is 87.5 cm³/mol. The number of hydrogen-bond acceptors (Lipinski definition) is 5. The third-order valence-electron chi connectivity index (χ3n) is 4.39. The van der Waals surface area contributed by atoms with Gasteiger partial charge in [0.2, 0.25) is 10.0 Å². The van der Waals surface area contributed by atoms with E-state index in [-0.39, 0.29) is 17.0 Å². The molecule has 0 bridgehead atoms. The maximum Gasteiger partial charge on any atom is 0.241 e. The van der Waals surface area contributed by atoms with Crippen molar-refractivity contribution in [2.75, 3.05) is 27.4 Å². The van der Waals surface area contributed by atoms with Crippen LogP contribution in [0.3, 0.4) is 0 Å². The molecule has 6 nitrogen and oxygen atoms in total. The maximum atomic E-state index is 12.8. The Morgan fingerprint density at radius 3 is 2.52 bits per heavy atom. The van der Waals surface area contributed by atoms with Gasteiger partial charge in [0.25, 0.3) is 0 Å². The van der Waals surface area contributed by atoms with Gasteiger partial charge in [-0.2, -0.15) is 0 Å². The summed E-state index contributed by atoms with van der Waals surface area (Å²) >= 11 is 0. The number of aryl methyl sites for hydroxylation is 1. The van der Waals surface area contributed by atoms with Gasteiger partial charge in [-0.15, -0.1) is 0 Å². The maximum absolute atomic E-state index is 12.8. The molecular weight excluding hydrogens is 318 g/mol.